The van der Waals surface area contributed by atoms with Gasteiger partial charge in [-0.05, 0) is 75.3 Å². The first-order valence-corrected chi connectivity index (χ1v) is 11.7. The summed E-state index contributed by atoms with van der Waals surface area (Å²) in [5, 5.41) is 32.9. The van der Waals surface area contributed by atoms with Crippen LogP contribution in [-0.2, 0) is 0 Å². The molecular formula is C24H28N4O2S. The van der Waals surface area contributed by atoms with Crippen molar-refractivity contribution in [2.45, 2.75) is 58.1 Å². The molecular weight excluding hydrogens is 408 g/mol. The molecule has 1 heterocycles. The third-order valence-electron chi connectivity index (χ3n) is 5.68. The van der Waals surface area contributed by atoms with Crippen molar-refractivity contribution in [1.82, 2.24) is 15.5 Å². The van der Waals surface area contributed by atoms with Crippen LogP contribution in [0.15, 0.2) is 35.4 Å². The van der Waals surface area contributed by atoms with Gasteiger partial charge in [0.25, 0.3) is 0 Å². The Morgan fingerprint density at radius 3 is 2.90 bits per heavy atom. The molecule has 2 aromatic rings. The van der Waals surface area contributed by atoms with Crippen molar-refractivity contribution in [3.63, 3.8) is 0 Å². The Labute approximate surface area is 187 Å². The van der Waals surface area contributed by atoms with Crippen molar-refractivity contribution >= 4 is 16.9 Å². The Morgan fingerprint density at radius 1 is 1.29 bits per heavy atom. The number of hydrogen-bond donors (Lipinski definition) is 2. The maximum absolute atomic E-state index is 9.53. The standard InChI is InChI=1S/C24H28N4O2S/c1-15(2)30-22-10-9-16(13-17(22)14-25)23-27-28-24(31-23)20-7-3-6-19-18(20)5-4-8-21(19)26-11-12-29/h7,9-10,13,15,21,26,29H,3-6,8,11-12H2,1-2H3/t21-/m1/s1. The quantitative estimate of drug-likeness (QED) is 0.665. The van der Waals surface area contributed by atoms with Gasteiger partial charge < -0.3 is 15.2 Å². The lowest BCUT2D eigenvalue weighted by atomic mass is 9.79. The minimum atomic E-state index is 0.0120. The van der Waals surface area contributed by atoms with Crippen LogP contribution in [0.1, 0.15) is 56.5 Å². The van der Waals surface area contributed by atoms with Crippen LogP contribution >= 0.6 is 11.3 Å². The molecule has 4 rings (SSSR count). The minimum Gasteiger partial charge on any atom is -0.490 e. The first kappa shape index (κ1) is 21.7. The average Bonchev–Trinajstić information content (AvgIpc) is 3.27. The Morgan fingerprint density at radius 2 is 2.13 bits per heavy atom. The van der Waals surface area contributed by atoms with Crippen LogP contribution in [-0.4, -0.2) is 40.6 Å². The zero-order chi connectivity index (χ0) is 21.8. The second-order valence-electron chi connectivity index (χ2n) is 8.18. The van der Waals surface area contributed by atoms with E-state index >= 15 is 0 Å². The van der Waals surface area contributed by atoms with Gasteiger partial charge in [-0.3, -0.25) is 0 Å². The number of nitrogens with zero attached hydrogens (tertiary/aromatic N) is 3. The lowest BCUT2D eigenvalue weighted by molar-refractivity contribution is 0.242. The molecule has 31 heavy (non-hydrogen) atoms. The molecule has 0 fully saturated rings. The molecule has 6 nitrogen and oxygen atoms in total. The molecule has 2 aliphatic carbocycles. The average molecular weight is 437 g/mol. The summed E-state index contributed by atoms with van der Waals surface area (Å²) in [6.45, 7) is 4.68. The van der Waals surface area contributed by atoms with Gasteiger partial charge in [-0.15, -0.1) is 10.2 Å². The summed E-state index contributed by atoms with van der Waals surface area (Å²) >= 11 is 1.57. The zero-order valence-electron chi connectivity index (χ0n) is 18.0. The third-order valence-corrected chi connectivity index (χ3v) is 6.69. The number of ether oxygens (including phenoxy) is 1. The van der Waals surface area contributed by atoms with Crippen LogP contribution in [0.3, 0.4) is 0 Å². The number of hydrogen-bond acceptors (Lipinski definition) is 7. The lowest BCUT2D eigenvalue weighted by Crippen LogP contribution is -2.36. The molecule has 0 saturated carbocycles. The van der Waals surface area contributed by atoms with Crippen LogP contribution in [0.2, 0.25) is 0 Å². The van der Waals surface area contributed by atoms with E-state index in [0.29, 0.717) is 23.9 Å². The van der Waals surface area contributed by atoms with Gasteiger partial charge in [-0.1, -0.05) is 17.4 Å². The molecule has 0 bridgehead atoms. The van der Waals surface area contributed by atoms with E-state index in [0.717, 1.165) is 47.7 Å². The number of nitrogens with one attached hydrogen (secondary N) is 1. The van der Waals surface area contributed by atoms with E-state index in [1.165, 1.54) is 16.7 Å². The van der Waals surface area contributed by atoms with Crippen LogP contribution in [0.5, 0.6) is 5.75 Å². The smallest absolute Gasteiger partial charge is 0.148 e. The fourth-order valence-electron chi connectivity index (χ4n) is 4.39. The van der Waals surface area contributed by atoms with Gasteiger partial charge in [0.15, 0.2) is 0 Å². The Bertz CT molecular complexity index is 1050. The molecule has 7 heteroatoms. The van der Waals surface area contributed by atoms with Crippen LogP contribution in [0.4, 0.5) is 0 Å². The van der Waals surface area contributed by atoms with E-state index in [2.05, 4.69) is 27.7 Å². The molecule has 1 atom stereocenters. The van der Waals surface area contributed by atoms with Gasteiger partial charge in [0.2, 0.25) is 0 Å². The van der Waals surface area contributed by atoms with E-state index < -0.39 is 0 Å². The van der Waals surface area contributed by atoms with Gasteiger partial charge in [0.1, 0.15) is 21.8 Å². The Kier molecular flexibility index (Phi) is 6.81. The highest BCUT2D eigenvalue weighted by Gasteiger charge is 2.28. The van der Waals surface area contributed by atoms with Crippen molar-refractivity contribution in [3.8, 4) is 22.4 Å². The van der Waals surface area contributed by atoms with E-state index in [4.69, 9.17) is 4.74 Å². The summed E-state index contributed by atoms with van der Waals surface area (Å²) in [6.07, 6.45) is 7.68. The summed E-state index contributed by atoms with van der Waals surface area (Å²) in [6, 6.07) is 8.19. The van der Waals surface area contributed by atoms with Crippen molar-refractivity contribution in [1.29, 1.82) is 5.26 Å². The second-order valence-corrected chi connectivity index (χ2v) is 9.16. The molecule has 1 aromatic carbocycles. The molecule has 0 spiro atoms. The maximum Gasteiger partial charge on any atom is 0.148 e. The predicted molar refractivity (Wildman–Crippen MR) is 123 cm³/mol. The van der Waals surface area contributed by atoms with Gasteiger partial charge in [-0.25, -0.2) is 0 Å². The number of allylic oxidation sites excluding steroid dienone is 3. The van der Waals surface area contributed by atoms with Gasteiger partial charge in [0, 0.05) is 23.7 Å². The molecule has 1 aromatic heterocycles. The summed E-state index contributed by atoms with van der Waals surface area (Å²) in [7, 11) is 0. The molecule has 0 aliphatic heterocycles. The minimum absolute atomic E-state index is 0.0120. The van der Waals surface area contributed by atoms with Crippen molar-refractivity contribution in [3.05, 3.63) is 46.0 Å². The van der Waals surface area contributed by atoms with Gasteiger partial charge >= 0.3 is 0 Å². The van der Waals surface area contributed by atoms with Crippen molar-refractivity contribution in [2.75, 3.05) is 13.2 Å². The molecule has 2 aliphatic rings. The first-order chi connectivity index (χ1) is 15.1. The molecule has 0 radical (unpaired) electrons. The summed E-state index contributed by atoms with van der Waals surface area (Å²) in [5.41, 5.74) is 5.47. The zero-order valence-corrected chi connectivity index (χ0v) is 18.8. The number of benzene rings is 1. The first-order valence-electron chi connectivity index (χ1n) is 10.9. The van der Waals surface area contributed by atoms with Crippen molar-refractivity contribution in [2.24, 2.45) is 0 Å². The number of aliphatic hydroxyl groups excluding tert-OH is 1. The highest BCUT2D eigenvalue weighted by atomic mass is 32.1. The van der Waals surface area contributed by atoms with Crippen LogP contribution < -0.4 is 10.1 Å². The van der Waals surface area contributed by atoms with Gasteiger partial charge in [0.05, 0.1) is 18.3 Å². The molecule has 0 unspecified atom stereocenters. The lowest BCUT2D eigenvalue weighted by Gasteiger charge is -2.32. The fourth-order valence-corrected chi connectivity index (χ4v) is 5.30. The monoisotopic (exact) mass is 436 g/mol. The SMILES string of the molecule is CC(C)Oc1ccc(-c2nnc(C3=CCCC4=C3CCC[C@H]4NCCO)s2)cc1C#N. The second kappa shape index (κ2) is 9.73. The van der Waals surface area contributed by atoms with Crippen LogP contribution in [0.25, 0.3) is 16.1 Å². The van der Waals surface area contributed by atoms with E-state index in [9.17, 15) is 10.4 Å². The Hall–Kier alpha value is -2.53. The summed E-state index contributed by atoms with van der Waals surface area (Å²) in [5.74, 6) is 0.597. The predicted octanol–water partition coefficient (Wildman–Crippen LogP) is 4.47. The molecule has 2 N–H and O–H groups in total. The molecule has 0 saturated heterocycles. The summed E-state index contributed by atoms with van der Waals surface area (Å²) in [4.78, 5) is 0. The summed E-state index contributed by atoms with van der Waals surface area (Å²) < 4.78 is 5.73. The number of aliphatic hydroxyl groups is 1. The molecule has 162 valence electrons. The van der Waals surface area contributed by atoms with Crippen molar-refractivity contribution < 1.29 is 9.84 Å². The highest BCUT2D eigenvalue weighted by Crippen LogP contribution is 2.42. The van der Waals surface area contributed by atoms with Crippen LogP contribution in [0, 0.1) is 11.3 Å². The largest absolute Gasteiger partial charge is 0.490 e. The fraction of sp³-hybridized carbons (Fsp3) is 0.458. The van der Waals surface area contributed by atoms with E-state index in [1.807, 2.05) is 32.0 Å². The highest BCUT2D eigenvalue weighted by molar-refractivity contribution is 7.15. The Balaban J connectivity index is 1.61. The maximum atomic E-state index is 9.53. The van der Waals surface area contributed by atoms with E-state index in [-0.39, 0.29) is 12.7 Å². The number of aromatic nitrogens is 2. The number of nitriles is 1. The number of rotatable bonds is 7. The van der Waals surface area contributed by atoms with Gasteiger partial charge in [-0.2, -0.15) is 5.26 Å². The third kappa shape index (κ3) is 4.72. The van der Waals surface area contributed by atoms with E-state index in [1.54, 1.807) is 11.3 Å². The molecule has 0 amide bonds. The normalized spacial score (nSPS) is 18.5. The topological polar surface area (TPSA) is 91.1 Å².